The first-order valence-electron chi connectivity index (χ1n) is 6.38. The van der Waals surface area contributed by atoms with Gasteiger partial charge in [-0.2, -0.15) is 0 Å². The zero-order valence-corrected chi connectivity index (χ0v) is 12.4. The van der Waals surface area contributed by atoms with Gasteiger partial charge in [-0.05, 0) is 0 Å². The van der Waals surface area contributed by atoms with E-state index in [4.69, 9.17) is 0 Å². The normalized spacial score (nSPS) is 24.1. The molecular formula is C12H19AsN4. The quantitative estimate of drug-likeness (QED) is 0.839. The van der Waals surface area contributed by atoms with Crippen LogP contribution in [0.4, 0.5) is 11.5 Å². The van der Waals surface area contributed by atoms with Crippen molar-refractivity contribution in [1.29, 1.82) is 0 Å². The van der Waals surface area contributed by atoms with Crippen molar-refractivity contribution in [2.45, 2.75) is 24.0 Å². The molecule has 92 valence electrons. The van der Waals surface area contributed by atoms with Crippen molar-refractivity contribution < 1.29 is 0 Å². The SMILES string of the molecule is [AsH2]C1CCN(c2cnnc(NCC3CC3)c2)C1. The molecule has 1 aliphatic carbocycles. The predicted molar refractivity (Wildman–Crippen MR) is 72.4 cm³/mol. The van der Waals surface area contributed by atoms with Gasteiger partial charge in [0, 0.05) is 0 Å². The molecule has 0 radical (unpaired) electrons. The predicted octanol–water partition coefficient (Wildman–Crippen LogP) is 0.930. The molecule has 2 atom stereocenters. The van der Waals surface area contributed by atoms with Crippen LogP contribution in [0.1, 0.15) is 19.3 Å². The Bertz CT molecular complexity index is 394. The van der Waals surface area contributed by atoms with Gasteiger partial charge < -0.3 is 0 Å². The van der Waals surface area contributed by atoms with Crippen molar-refractivity contribution >= 4 is 28.4 Å². The van der Waals surface area contributed by atoms with Crippen LogP contribution in [-0.4, -0.2) is 46.7 Å². The zero-order valence-electron chi connectivity index (χ0n) is 9.97. The van der Waals surface area contributed by atoms with Gasteiger partial charge in [0.1, 0.15) is 0 Å². The van der Waals surface area contributed by atoms with Crippen LogP contribution in [0.3, 0.4) is 0 Å². The monoisotopic (exact) mass is 294 g/mol. The zero-order chi connectivity index (χ0) is 11.7. The van der Waals surface area contributed by atoms with Crippen molar-refractivity contribution in [2.75, 3.05) is 29.9 Å². The fraction of sp³-hybridized carbons (Fsp3) is 0.667. The summed E-state index contributed by atoms with van der Waals surface area (Å²) in [4.78, 5) is 2.42. The summed E-state index contributed by atoms with van der Waals surface area (Å²) in [5.41, 5.74) is 1.22. The molecule has 1 saturated carbocycles. The van der Waals surface area contributed by atoms with Crippen LogP contribution >= 0.6 is 0 Å². The van der Waals surface area contributed by atoms with E-state index in [1.54, 1.807) is 0 Å². The second kappa shape index (κ2) is 4.85. The van der Waals surface area contributed by atoms with E-state index in [9.17, 15) is 0 Å². The molecule has 17 heavy (non-hydrogen) atoms. The molecule has 2 fully saturated rings. The Morgan fingerprint density at radius 1 is 1.41 bits per heavy atom. The summed E-state index contributed by atoms with van der Waals surface area (Å²) in [7, 11) is 0. The van der Waals surface area contributed by atoms with Crippen LogP contribution in [0.15, 0.2) is 12.3 Å². The number of hydrogen-bond acceptors (Lipinski definition) is 4. The van der Waals surface area contributed by atoms with Crippen LogP contribution in [0.25, 0.3) is 0 Å². The van der Waals surface area contributed by atoms with Crippen molar-refractivity contribution in [1.82, 2.24) is 10.2 Å². The third kappa shape index (κ3) is 2.92. The van der Waals surface area contributed by atoms with Gasteiger partial charge in [-0.3, -0.25) is 0 Å². The number of anilines is 2. The van der Waals surface area contributed by atoms with Gasteiger partial charge in [-0.15, -0.1) is 0 Å². The fourth-order valence-corrected chi connectivity index (χ4v) is 3.06. The summed E-state index contributed by atoms with van der Waals surface area (Å²) < 4.78 is 0.860. The maximum atomic E-state index is 4.15. The van der Waals surface area contributed by atoms with Crippen LogP contribution in [0.2, 0.25) is 4.71 Å². The first-order valence-corrected chi connectivity index (χ1v) is 7.78. The summed E-state index contributed by atoms with van der Waals surface area (Å²) in [6.45, 7) is 3.39. The van der Waals surface area contributed by atoms with Gasteiger partial charge in [0.15, 0.2) is 0 Å². The Labute approximate surface area is 111 Å². The van der Waals surface area contributed by atoms with E-state index in [2.05, 4.69) is 26.5 Å². The van der Waals surface area contributed by atoms with E-state index in [-0.39, 0.29) is 0 Å². The molecule has 3 rings (SSSR count). The second-order valence-electron chi connectivity index (χ2n) is 5.12. The molecule has 2 unspecified atom stereocenters. The minimum atomic E-state index is 0.860. The van der Waals surface area contributed by atoms with E-state index in [0.717, 1.165) is 29.5 Å². The van der Waals surface area contributed by atoms with E-state index in [1.807, 2.05) is 23.0 Å². The minimum absolute atomic E-state index is 0.860. The van der Waals surface area contributed by atoms with Gasteiger partial charge in [0.2, 0.25) is 0 Å². The number of nitrogens with zero attached hydrogens (tertiary/aromatic N) is 3. The average Bonchev–Trinajstić information content (AvgIpc) is 3.08. The van der Waals surface area contributed by atoms with Gasteiger partial charge in [-0.1, -0.05) is 0 Å². The number of nitrogens with one attached hydrogen (secondary N) is 1. The van der Waals surface area contributed by atoms with Crippen LogP contribution in [0.5, 0.6) is 0 Å². The van der Waals surface area contributed by atoms with Crippen molar-refractivity contribution in [3.8, 4) is 0 Å². The van der Waals surface area contributed by atoms with E-state index >= 15 is 0 Å². The molecule has 1 aromatic heterocycles. The standard InChI is InChI=1S/C12H19AsN4/c13-10-3-4-17(8-10)11-5-12(16-15-7-11)14-6-9-1-2-9/h5,7,9-10H,1-4,6,8,13H2,(H,14,16). The van der Waals surface area contributed by atoms with Gasteiger partial charge in [0.05, 0.1) is 0 Å². The van der Waals surface area contributed by atoms with Crippen molar-refractivity contribution in [3.63, 3.8) is 0 Å². The first kappa shape index (κ1) is 11.3. The molecule has 1 aromatic rings. The summed E-state index contributed by atoms with van der Waals surface area (Å²) in [5, 5.41) is 11.6. The average molecular weight is 294 g/mol. The Morgan fingerprint density at radius 2 is 2.29 bits per heavy atom. The van der Waals surface area contributed by atoms with E-state index < -0.39 is 0 Å². The second-order valence-corrected chi connectivity index (χ2v) is 7.10. The van der Waals surface area contributed by atoms with Gasteiger partial charge in [-0.25, -0.2) is 0 Å². The molecular weight excluding hydrogens is 275 g/mol. The number of hydrogen-bond donors (Lipinski definition) is 1. The topological polar surface area (TPSA) is 41.1 Å². The van der Waals surface area contributed by atoms with Gasteiger partial charge in [0.25, 0.3) is 0 Å². The van der Waals surface area contributed by atoms with Crippen molar-refractivity contribution in [3.05, 3.63) is 12.3 Å². The molecule has 2 aliphatic rings. The summed E-state index contributed by atoms with van der Waals surface area (Å²) in [6, 6.07) is 2.14. The van der Waals surface area contributed by atoms with Crippen LogP contribution in [0, 0.1) is 5.92 Å². The van der Waals surface area contributed by atoms with E-state index in [1.165, 1.54) is 31.5 Å². The van der Waals surface area contributed by atoms with Crippen LogP contribution in [-0.2, 0) is 0 Å². The van der Waals surface area contributed by atoms with E-state index in [0.29, 0.717) is 0 Å². The Morgan fingerprint density at radius 3 is 3.00 bits per heavy atom. The molecule has 2 heterocycles. The fourth-order valence-electron chi connectivity index (χ4n) is 2.21. The molecule has 0 amide bonds. The molecule has 4 nitrogen and oxygen atoms in total. The Hall–Kier alpha value is -0.762. The molecule has 1 aliphatic heterocycles. The Balaban J connectivity index is 1.65. The van der Waals surface area contributed by atoms with Crippen LogP contribution < -0.4 is 10.2 Å². The van der Waals surface area contributed by atoms with Crippen molar-refractivity contribution in [2.24, 2.45) is 5.92 Å². The molecule has 1 N–H and O–H groups in total. The molecule has 1 saturated heterocycles. The summed E-state index contributed by atoms with van der Waals surface area (Å²) in [6.07, 6.45) is 5.93. The van der Waals surface area contributed by atoms with Gasteiger partial charge >= 0.3 is 111 Å². The molecule has 0 spiro atoms. The maximum absolute atomic E-state index is 4.15. The third-order valence-corrected chi connectivity index (χ3v) is 4.64. The molecule has 0 aromatic carbocycles. The third-order valence-electron chi connectivity index (χ3n) is 3.50. The Kier molecular flexibility index (Phi) is 3.23. The first-order chi connectivity index (χ1) is 8.31. The summed E-state index contributed by atoms with van der Waals surface area (Å²) in [5.74, 6) is 1.80. The summed E-state index contributed by atoms with van der Waals surface area (Å²) >= 11 is 1.86. The number of rotatable bonds is 4. The molecule has 5 heteroatoms. The molecule has 0 bridgehead atoms. The number of aromatic nitrogens is 2.